The van der Waals surface area contributed by atoms with Crippen molar-refractivity contribution in [2.45, 2.75) is 51.2 Å². The van der Waals surface area contributed by atoms with E-state index in [1.807, 2.05) is 4.90 Å². The van der Waals surface area contributed by atoms with Gasteiger partial charge in [0.05, 0.1) is 6.61 Å². The molecule has 3 heterocycles. The number of likely N-dealkylation sites (N-methyl/N-ethyl adjacent to an activating group) is 1. The summed E-state index contributed by atoms with van der Waals surface area (Å²) in [7, 11) is 1.54. The van der Waals surface area contributed by atoms with E-state index < -0.39 is 17.8 Å². The molecule has 2 fully saturated rings. The fourth-order valence-corrected chi connectivity index (χ4v) is 5.32. The van der Waals surface area contributed by atoms with Crippen LogP contribution in [0.3, 0.4) is 0 Å². The van der Waals surface area contributed by atoms with Crippen molar-refractivity contribution in [3.63, 3.8) is 0 Å². The summed E-state index contributed by atoms with van der Waals surface area (Å²) in [5.74, 6) is -0.0877. The molecule has 9 nitrogen and oxygen atoms in total. The van der Waals surface area contributed by atoms with E-state index in [9.17, 15) is 14.0 Å². The topological polar surface area (TPSA) is 99.1 Å². The van der Waals surface area contributed by atoms with Gasteiger partial charge < -0.3 is 24.5 Å². The molecule has 0 bridgehead atoms. The Morgan fingerprint density at radius 1 is 1.29 bits per heavy atom. The van der Waals surface area contributed by atoms with Gasteiger partial charge in [-0.3, -0.25) is 9.59 Å². The van der Waals surface area contributed by atoms with Crippen LogP contribution in [-0.2, 0) is 4.79 Å². The van der Waals surface area contributed by atoms with E-state index in [4.69, 9.17) is 9.84 Å². The molecule has 11 heteroatoms. The minimum atomic E-state index is -0.738. The molecule has 0 aliphatic carbocycles. The van der Waals surface area contributed by atoms with Crippen molar-refractivity contribution in [2.24, 2.45) is 0 Å². The van der Waals surface area contributed by atoms with E-state index in [0.29, 0.717) is 18.9 Å². The van der Waals surface area contributed by atoms with Crippen molar-refractivity contribution in [2.75, 3.05) is 44.7 Å². The molecule has 0 radical (unpaired) electrons. The van der Waals surface area contributed by atoms with Crippen LogP contribution in [0.4, 0.5) is 9.52 Å². The predicted molar refractivity (Wildman–Crippen MR) is 130 cm³/mol. The Labute approximate surface area is 208 Å². The molecule has 0 saturated carbocycles. The maximum absolute atomic E-state index is 14.7. The van der Waals surface area contributed by atoms with Crippen LogP contribution in [0, 0.1) is 5.82 Å². The normalized spacial score (nSPS) is 19.0. The number of aliphatic hydroxyl groups is 1. The van der Waals surface area contributed by atoms with Gasteiger partial charge in [0.15, 0.2) is 17.7 Å². The van der Waals surface area contributed by atoms with Gasteiger partial charge in [-0.1, -0.05) is 13.8 Å². The molecule has 2 aliphatic rings. The molecule has 2 saturated heterocycles. The Bertz CT molecular complexity index is 1060. The van der Waals surface area contributed by atoms with Gasteiger partial charge in [0.2, 0.25) is 5.13 Å². The number of halogens is 1. The highest BCUT2D eigenvalue weighted by Crippen LogP contribution is 2.30. The SMILES string of the molecule is CC(C)c1nsc(N2CCC(N3CCC(Oc4ccc(C(=O)N(C)CCO)cc4F)C3=O)CC2)n1. The lowest BCUT2D eigenvalue weighted by molar-refractivity contribution is -0.135. The molecule has 1 unspecified atom stereocenters. The molecule has 2 aliphatic heterocycles. The second-order valence-electron chi connectivity index (χ2n) is 9.33. The van der Waals surface area contributed by atoms with Crippen molar-refractivity contribution in [1.82, 2.24) is 19.2 Å². The van der Waals surface area contributed by atoms with Gasteiger partial charge in [0.1, 0.15) is 5.82 Å². The number of nitrogens with zero attached hydrogens (tertiary/aromatic N) is 5. The van der Waals surface area contributed by atoms with Crippen LogP contribution in [0.2, 0.25) is 0 Å². The van der Waals surface area contributed by atoms with Crippen molar-refractivity contribution >= 4 is 28.5 Å². The molecule has 1 aromatic heterocycles. The first-order chi connectivity index (χ1) is 16.8. The summed E-state index contributed by atoms with van der Waals surface area (Å²) in [6, 6.07) is 4.09. The summed E-state index contributed by atoms with van der Waals surface area (Å²) in [4.78, 5) is 35.4. The number of hydrogen-bond acceptors (Lipinski definition) is 8. The number of piperidine rings is 1. The average Bonchev–Trinajstić information content (AvgIpc) is 3.48. The van der Waals surface area contributed by atoms with Gasteiger partial charge >= 0.3 is 0 Å². The number of hydrogen-bond donors (Lipinski definition) is 1. The molecular formula is C24H32FN5O4S. The number of rotatable bonds is 8. The number of anilines is 1. The fourth-order valence-electron chi connectivity index (χ4n) is 4.46. The number of carbonyl (C=O) groups excluding carboxylic acids is 2. The van der Waals surface area contributed by atoms with Crippen LogP contribution in [0.15, 0.2) is 18.2 Å². The molecule has 2 amide bonds. The second-order valence-corrected chi connectivity index (χ2v) is 10.1. The van der Waals surface area contributed by atoms with Crippen molar-refractivity contribution in [1.29, 1.82) is 0 Å². The number of aromatic nitrogens is 2. The van der Waals surface area contributed by atoms with E-state index in [1.165, 1.54) is 35.6 Å². The Morgan fingerprint density at radius 3 is 2.66 bits per heavy atom. The van der Waals surface area contributed by atoms with Crippen LogP contribution in [-0.4, -0.2) is 88.1 Å². The van der Waals surface area contributed by atoms with Gasteiger partial charge in [0, 0.05) is 68.7 Å². The highest BCUT2D eigenvalue weighted by molar-refractivity contribution is 7.09. The lowest BCUT2D eigenvalue weighted by Gasteiger charge is -2.36. The quantitative estimate of drug-likeness (QED) is 0.589. The van der Waals surface area contributed by atoms with Gasteiger partial charge in [0.25, 0.3) is 11.8 Å². The zero-order chi connectivity index (χ0) is 25.1. The molecule has 190 valence electrons. The summed E-state index contributed by atoms with van der Waals surface area (Å²) < 4.78 is 24.8. The number of benzene rings is 1. The molecule has 4 rings (SSSR count). The number of amides is 2. The van der Waals surface area contributed by atoms with Gasteiger partial charge in [-0.25, -0.2) is 9.37 Å². The third kappa shape index (κ3) is 5.56. The maximum atomic E-state index is 14.7. The summed E-state index contributed by atoms with van der Waals surface area (Å²) in [5.41, 5.74) is 0.160. The first-order valence-corrected chi connectivity index (χ1v) is 12.8. The molecule has 1 N–H and O–H groups in total. The van der Waals surface area contributed by atoms with Crippen LogP contribution in [0.5, 0.6) is 5.75 Å². The average molecular weight is 506 g/mol. The van der Waals surface area contributed by atoms with E-state index in [-0.39, 0.29) is 36.4 Å². The largest absolute Gasteiger partial charge is 0.477 e. The monoisotopic (exact) mass is 505 g/mol. The lowest BCUT2D eigenvalue weighted by Crippen LogP contribution is -2.47. The Kier molecular flexibility index (Phi) is 7.85. The zero-order valence-corrected chi connectivity index (χ0v) is 21.1. The predicted octanol–water partition coefficient (Wildman–Crippen LogP) is 2.51. The van der Waals surface area contributed by atoms with Crippen LogP contribution in [0.25, 0.3) is 0 Å². The first kappa shape index (κ1) is 25.3. The number of aliphatic hydroxyl groups excluding tert-OH is 1. The Hall–Kier alpha value is -2.79. The van der Waals surface area contributed by atoms with Crippen LogP contribution >= 0.6 is 11.5 Å². The standard InChI is InChI=1S/C24H32FN5O4S/c1-15(2)21-26-24(35-27-21)29-9-6-17(7-10-29)30-11-8-20(23(30)33)34-19-5-4-16(14-18(19)25)22(32)28(3)12-13-31/h4-5,14-15,17,20,31H,6-13H2,1-3H3. The molecule has 2 aromatic rings. The lowest BCUT2D eigenvalue weighted by atomic mass is 10.0. The third-order valence-corrected chi connectivity index (χ3v) is 7.34. The van der Waals surface area contributed by atoms with Gasteiger partial charge in [-0.05, 0) is 31.0 Å². The summed E-state index contributed by atoms with van der Waals surface area (Å²) in [6.07, 6.45) is 1.42. The molecule has 0 spiro atoms. The first-order valence-electron chi connectivity index (χ1n) is 12.0. The highest BCUT2D eigenvalue weighted by atomic mass is 32.1. The van der Waals surface area contributed by atoms with Gasteiger partial charge in [-0.2, -0.15) is 4.37 Å². The molecular weight excluding hydrogens is 473 g/mol. The van der Waals surface area contributed by atoms with Crippen LogP contribution < -0.4 is 9.64 Å². The summed E-state index contributed by atoms with van der Waals surface area (Å²) in [6.45, 7) is 6.33. The number of ether oxygens (including phenoxy) is 1. The number of carbonyl (C=O) groups is 2. The van der Waals surface area contributed by atoms with E-state index in [2.05, 4.69) is 28.1 Å². The minimum Gasteiger partial charge on any atom is -0.477 e. The fraction of sp³-hybridized carbons (Fsp3) is 0.583. The van der Waals surface area contributed by atoms with Gasteiger partial charge in [-0.15, -0.1) is 0 Å². The Morgan fingerprint density at radius 2 is 2.03 bits per heavy atom. The van der Waals surface area contributed by atoms with E-state index in [0.717, 1.165) is 43.0 Å². The third-order valence-electron chi connectivity index (χ3n) is 6.54. The van der Waals surface area contributed by atoms with Crippen LogP contribution in [0.1, 0.15) is 55.2 Å². The van der Waals surface area contributed by atoms with Crippen molar-refractivity contribution < 1.29 is 23.8 Å². The smallest absolute Gasteiger partial charge is 0.263 e. The molecule has 35 heavy (non-hydrogen) atoms. The molecule has 1 atom stereocenters. The van der Waals surface area contributed by atoms with E-state index in [1.54, 1.807) is 0 Å². The van der Waals surface area contributed by atoms with Crippen molar-refractivity contribution in [3.05, 3.63) is 35.4 Å². The highest BCUT2D eigenvalue weighted by Gasteiger charge is 2.39. The number of likely N-dealkylation sites (tertiary alicyclic amines) is 1. The molecule has 1 aromatic carbocycles. The van der Waals surface area contributed by atoms with Crippen molar-refractivity contribution in [3.8, 4) is 5.75 Å². The maximum Gasteiger partial charge on any atom is 0.263 e. The van der Waals surface area contributed by atoms with E-state index >= 15 is 0 Å². The zero-order valence-electron chi connectivity index (χ0n) is 20.3. The second kappa shape index (κ2) is 10.9. The summed E-state index contributed by atoms with van der Waals surface area (Å²) >= 11 is 1.42. The minimum absolute atomic E-state index is 0.0430. The Balaban J connectivity index is 1.32. The summed E-state index contributed by atoms with van der Waals surface area (Å²) in [5, 5.41) is 9.92.